The first-order valence-corrected chi connectivity index (χ1v) is 7.27. The van der Waals surface area contributed by atoms with Crippen molar-refractivity contribution in [2.24, 2.45) is 0 Å². The minimum atomic E-state index is -0.247. The molecule has 116 valence electrons. The summed E-state index contributed by atoms with van der Waals surface area (Å²) in [6.45, 7) is 0.325. The lowest BCUT2D eigenvalue weighted by atomic mass is 10.2. The predicted molar refractivity (Wildman–Crippen MR) is 84.5 cm³/mol. The molecule has 2 rings (SSSR count). The summed E-state index contributed by atoms with van der Waals surface area (Å²) in [7, 11) is 0. The first-order chi connectivity index (χ1) is 10.6. The molecule has 7 heteroatoms. The quantitative estimate of drug-likeness (QED) is 0.847. The highest BCUT2D eigenvalue weighted by Crippen LogP contribution is 2.20. The van der Waals surface area contributed by atoms with Crippen LogP contribution in [0.1, 0.15) is 16.1 Å². The molecule has 2 aromatic rings. The second-order valence-corrected chi connectivity index (χ2v) is 5.22. The van der Waals surface area contributed by atoms with Crippen LogP contribution in [0.25, 0.3) is 0 Å². The van der Waals surface area contributed by atoms with Crippen LogP contribution in [0.4, 0.5) is 0 Å². The molecule has 0 saturated heterocycles. The van der Waals surface area contributed by atoms with Crippen LogP contribution in [0.3, 0.4) is 0 Å². The Morgan fingerprint density at radius 3 is 2.64 bits per heavy atom. The maximum atomic E-state index is 11.7. The number of hydrogen-bond acceptors (Lipinski definition) is 4. The zero-order valence-electron chi connectivity index (χ0n) is 11.6. The van der Waals surface area contributed by atoms with E-state index in [2.05, 4.69) is 10.3 Å². The molecule has 22 heavy (non-hydrogen) atoms. The number of hydrogen-bond donors (Lipinski definition) is 2. The van der Waals surface area contributed by atoms with Gasteiger partial charge in [-0.3, -0.25) is 9.78 Å². The molecular formula is C15H14Cl2N2O3. The number of amides is 1. The molecule has 0 aliphatic carbocycles. The molecule has 0 unspecified atom stereocenters. The van der Waals surface area contributed by atoms with Crippen molar-refractivity contribution in [3.8, 4) is 5.75 Å². The fourth-order valence-electron chi connectivity index (χ4n) is 1.67. The summed E-state index contributed by atoms with van der Waals surface area (Å²) in [5.41, 5.74) is 1.07. The summed E-state index contributed by atoms with van der Waals surface area (Å²) < 4.78 is 5.57. The Balaban J connectivity index is 1.95. The number of aliphatic hydroxyl groups excluding tert-OH is 1. The third-order valence-corrected chi connectivity index (χ3v) is 3.31. The molecule has 0 radical (unpaired) electrons. The second-order valence-electron chi connectivity index (χ2n) is 4.37. The third kappa shape index (κ3) is 4.59. The van der Waals surface area contributed by atoms with Crippen LogP contribution >= 0.6 is 23.2 Å². The lowest BCUT2D eigenvalue weighted by Gasteiger charge is -2.08. The van der Waals surface area contributed by atoms with E-state index >= 15 is 0 Å². The minimum absolute atomic E-state index is 0.0955. The topological polar surface area (TPSA) is 71.5 Å². The Kier molecular flexibility index (Phi) is 6.00. The van der Waals surface area contributed by atoms with E-state index in [4.69, 9.17) is 33.0 Å². The van der Waals surface area contributed by atoms with Gasteiger partial charge in [0.05, 0.1) is 22.3 Å². The molecule has 1 heterocycles. The average Bonchev–Trinajstić information content (AvgIpc) is 2.52. The number of nitrogens with zero attached hydrogens (tertiary/aromatic N) is 1. The van der Waals surface area contributed by atoms with Crippen LogP contribution < -0.4 is 10.1 Å². The molecule has 2 N–H and O–H groups in total. The van der Waals surface area contributed by atoms with Gasteiger partial charge in [-0.1, -0.05) is 23.2 Å². The van der Waals surface area contributed by atoms with Gasteiger partial charge in [0.25, 0.3) is 5.91 Å². The largest absolute Gasteiger partial charge is 0.487 e. The fraction of sp³-hybridized carbons (Fsp3) is 0.200. The number of aliphatic hydroxyl groups is 1. The number of aromatic nitrogens is 1. The van der Waals surface area contributed by atoms with Gasteiger partial charge in [0.15, 0.2) is 0 Å². The molecule has 0 bridgehead atoms. The summed E-state index contributed by atoms with van der Waals surface area (Å²) in [5, 5.41) is 12.1. The van der Waals surface area contributed by atoms with Gasteiger partial charge in [-0.25, -0.2) is 0 Å². The Labute approximate surface area is 137 Å². The maximum absolute atomic E-state index is 11.7. The van der Waals surface area contributed by atoms with Gasteiger partial charge < -0.3 is 15.2 Å². The summed E-state index contributed by atoms with van der Waals surface area (Å²) in [4.78, 5) is 15.8. The monoisotopic (exact) mass is 340 g/mol. The molecule has 0 aliphatic heterocycles. The highest BCUT2D eigenvalue weighted by Gasteiger charge is 2.06. The van der Waals surface area contributed by atoms with Gasteiger partial charge in [0.2, 0.25) is 0 Å². The normalized spacial score (nSPS) is 10.3. The molecule has 5 nitrogen and oxygen atoms in total. The predicted octanol–water partition coefficient (Wildman–Crippen LogP) is 2.69. The van der Waals surface area contributed by atoms with Crippen LogP contribution in [0, 0.1) is 0 Å². The number of carbonyl (C=O) groups excluding carboxylic acids is 1. The van der Waals surface area contributed by atoms with E-state index in [1.165, 1.54) is 6.20 Å². The molecule has 0 aliphatic rings. The molecule has 0 atom stereocenters. The van der Waals surface area contributed by atoms with E-state index in [1.54, 1.807) is 30.3 Å². The zero-order valence-corrected chi connectivity index (χ0v) is 13.1. The average molecular weight is 341 g/mol. The number of rotatable bonds is 6. The first kappa shape index (κ1) is 16.5. The van der Waals surface area contributed by atoms with Crippen LogP contribution in [0.15, 0.2) is 36.5 Å². The Morgan fingerprint density at radius 2 is 2.00 bits per heavy atom. The maximum Gasteiger partial charge on any atom is 0.251 e. The highest BCUT2D eigenvalue weighted by atomic mass is 35.5. The molecule has 1 amide bonds. The number of ether oxygens (including phenoxy) is 1. The van der Waals surface area contributed by atoms with E-state index in [0.29, 0.717) is 27.1 Å². The number of nitrogens with one attached hydrogen (secondary N) is 1. The summed E-state index contributed by atoms with van der Waals surface area (Å²) in [5.74, 6) is 0.342. The minimum Gasteiger partial charge on any atom is -0.487 e. The van der Waals surface area contributed by atoms with Crippen molar-refractivity contribution in [3.05, 3.63) is 57.8 Å². The van der Waals surface area contributed by atoms with E-state index < -0.39 is 0 Å². The highest BCUT2D eigenvalue weighted by molar-refractivity contribution is 6.34. The number of halogens is 2. The van der Waals surface area contributed by atoms with Crippen LogP contribution in [0.2, 0.25) is 10.0 Å². The Bertz CT molecular complexity index is 648. The van der Waals surface area contributed by atoms with Crippen molar-refractivity contribution in [1.29, 1.82) is 0 Å². The van der Waals surface area contributed by atoms with Gasteiger partial charge in [0.1, 0.15) is 12.4 Å². The number of carbonyl (C=O) groups is 1. The summed E-state index contributed by atoms with van der Waals surface area (Å²) >= 11 is 11.8. The third-order valence-electron chi connectivity index (χ3n) is 2.77. The van der Waals surface area contributed by atoms with Gasteiger partial charge in [-0.2, -0.15) is 0 Å². The van der Waals surface area contributed by atoms with Crippen molar-refractivity contribution >= 4 is 29.1 Å². The van der Waals surface area contributed by atoms with Gasteiger partial charge in [0, 0.05) is 18.3 Å². The van der Waals surface area contributed by atoms with Crippen LogP contribution in [0.5, 0.6) is 5.75 Å². The molecule has 0 fully saturated rings. The molecule has 1 aromatic carbocycles. The lowest BCUT2D eigenvalue weighted by molar-refractivity contribution is 0.0944. The Hall–Kier alpha value is -1.82. The van der Waals surface area contributed by atoms with Crippen LogP contribution in [-0.2, 0) is 6.61 Å². The summed E-state index contributed by atoms with van der Waals surface area (Å²) in [6, 6.07) is 8.23. The molecule has 1 aromatic heterocycles. The zero-order chi connectivity index (χ0) is 15.9. The fourth-order valence-corrected chi connectivity index (χ4v) is 2.11. The smallest absolute Gasteiger partial charge is 0.251 e. The van der Waals surface area contributed by atoms with E-state index in [9.17, 15) is 4.79 Å². The number of benzene rings is 1. The van der Waals surface area contributed by atoms with Gasteiger partial charge in [-0.15, -0.1) is 0 Å². The van der Waals surface area contributed by atoms with E-state index in [1.807, 2.05) is 0 Å². The van der Waals surface area contributed by atoms with Crippen LogP contribution in [-0.4, -0.2) is 29.1 Å². The van der Waals surface area contributed by atoms with Gasteiger partial charge in [-0.05, 0) is 30.3 Å². The molecular weight excluding hydrogens is 327 g/mol. The van der Waals surface area contributed by atoms with Gasteiger partial charge >= 0.3 is 0 Å². The molecule has 0 saturated carbocycles. The summed E-state index contributed by atoms with van der Waals surface area (Å²) in [6.07, 6.45) is 1.50. The second kappa shape index (κ2) is 7.98. The van der Waals surface area contributed by atoms with Crippen molar-refractivity contribution in [2.75, 3.05) is 13.2 Å². The standard InChI is InChI=1S/C15H14Cl2N2O3/c16-11-7-13(17)14(19-8-11)9-22-12-3-1-10(2-4-12)15(21)18-5-6-20/h1-4,7-8,20H,5-6,9H2,(H,18,21). The first-order valence-electron chi connectivity index (χ1n) is 6.52. The van der Waals surface area contributed by atoms with Crippen molar-refractivity contribution in [2.45, 2.75) is 6.61 Å². The Morgan fingerprint density at radius 1 is 1.27 bits per heavy atom. The van der Waals surface area contributed by atoms with Crippen molar-refractivity contribution < 1.29 is 14.6 Å². The SMILES string of the molecule is O=C(NCCO)c1ccc(OCc2ncc(Cl)cc2Cl)cc1. The molecule has 0 spiro atoms. The van der Waals surface area contributed by atoms with E-state index in [0.717, 1.165) is 0 Å². The lowest BCUT2D eigenvalue weighted by Crippen LogP contribution is -2.26. The van der Waals surface area contributed by atoms with E-state index in [-0.39, 0.29) is 25.7 Å². The van der Waals surface area contributed by atoms with Crippen molar-refractivity contribution in [1.82, 2.24) is 10.3 Å². The van der Waals surface area contributed by atoms with Crippen molar-refractivity contribution in [3.63, 3.8) is 0 Å². The number of pyridine rings is 1.